The first kappa shape index (κ1) is 31.6. The van der Waals surface area contributed by atoms with Crippen molar-refractivity contribution in [3.05, 3.63) is 48.0 Å². The fourth-order valence-corrected chi connectivity index (χ4v) is 4.31. The summed E-state index contributed by atoms with van der Waals surface area (Å²) in [7, 11) is 0. The third kappa shape index (κ3) is 11.0. The molecule has 8 N–H and O–H groups in total. The molecule has 3 amide bonds. The maximum atomic E-state index is 13.3. The Labute approximate surface area is 231 Å². The van der Waals surface area contributed by atoms with Crippen LogP contribution in [0.1, 0.15) is 37.9 Å². The van der Waals surface area contributed by atoms with E-state index in [9.17, 15) is 29.4 Å². The Bertz CT molecular complexity index is 1080. The normalized spacial score (nSPS) is 14.2. The number of imidazole rings is 1. The number of nitrogens with zero attached hydrogens (tertiary/aromatic N) is 1. The van der Waals surface area contributed by atoms with Gasteiger partial charge in [-0.3, -0.25) is 14.4 Å². The number of nitrogens with one attached hydrogen (secondary N) is 4. The van der Waals surface area contributed by atoms with Crippen molar-refractivity contribution in [1.82, 2.24) is 25.9 Å². The number of amides is 3. The number of H-pyrrole nitrogens is 1. The molecule has 0 saturated heterocycles. The number of carboxylic acid groups (broad SMARTS) is 1. The number of aliphatic carboxylic acids is 1. The number of phenols is 1. The summed E-state index contributed by atoms with van der Waals surface area (Å²) < 4.78 is 0. The molecule has 2 rings (SSSR count). The number of benzene rings is 1. The van der Waals surface area contributed by atoms with Gasteiger partial charge in [-0.25, -0.2) is 9.78 Å². The summed E-state index contributed by atoms with van der Waals surface area (Å²) in [5.41, 5.74) is 7.13. The second-order valence-electron chi connectivity index (χ2n) is 9.69. The van der Waals surface area contributed by atoms with Crippen LogP contribution in [0.25, 0.3) is 0 Å². The summed E-state index contributed by atoms with van der Waals surface area (Å²) in [4.78, 5) is 58.0. The van der Waals surface area contributed by atoms with Gasteiger partial charge in [0, 0.05) is 24.7 Å². The zero-order chi connectivity index (χ0) is 28.9. The van der Waals surface area contributed by atoms with E-state index in [0.717, 1.165) is 0 Å². The number of rotatable bonds is 16. The van der Waals surface area contributed by atoms with Crippen LogP contribution in [0.4, 0.5) is 0 Å². The standard InChI is InChI=1S/C26H38N6O6S/c1-15(2)10-19(27)23(34)30-20(8-9-39-3)24(35)31-21(12-17-13-28-14-29-17)25(36)32-22(26(37)38)11-16-4-6-18(33)7-5-16/h4-7,13-15,19-22,33H,8-12,27H2,1-3H3,(H,28,29)(H,30,34)(H,31,35)(H,32,36)(H,37,38). The molecule has 4 unspecified atom stereocenters. The number of aromatic amines is 1. The highest BCUT2D eigenvalue weighted by Gasteiger charge is 2.31. The van der Waals surface area contributed by atoms with Crippen molar-refractivity contribution in [2.75, 3.05) is 12.0 Å². The van der Waals surface area contributed by atoms with Crippen LogP contribution in [0.3, 0.4) is 0 Å². The first-order chi connectivity index (χ1) is 18.5. The van der Waals surface area contributed by atoms with Crippen molar-refractivity contribution in [2.24, 2.45) is 11.7 Å². The molecule has 0 bridgehead atoms. The van der Waals surface area contributed by atoms with Crippen molar-refractivity contribution in [3.63, 3.8) is 0 Å². The van der Waals surface area contributed by atoms with Crippen molar-refractivity contribution < 1.29 is 29.4 Å². The number of aromatic nitrogens is 2. The van der Waals surface area contributed by atoms with Gasteiger partial charge in [-0.2, -0.15) is 11.8 Å². The quantitative estimate of drug-likeness (QED) is 0.153. The average Bonchev–Trinajstić information content (AvgIpc) is 3.39. The molecule has 2 aromatic rings. The van der Waals surface area contributed by atoms with Gasteiger partial charge in [0.2, 0.25) is 17.7 Å². The molecule has 0 aliphatic carbocycles. The number of phenolic OH excluding ortho intramolecular Hbond substituents is 1. The minimum Gasteiger partial charge on any atom is -0.508 e. The molecule has 0 aliphatic rings. The second kappa shape index (κ2) is 15.7. The molecule has 12 nitrogen and oxygen atoms in total. The van der Waals surface area contributed by atoms with Crippen LogP contribution < -0.4 is 21.7 Å². The minimum atomic E-state index is -1.29. The number of nitrogens with two attached hydrogens (primary N) is 1. The van der Waals surface area contributed by atoms with Crippen LogP contribution in [-0.4, -0.2) is 80.0 Å². The zero-order valence-corrected chi connectivity index (χ0v) is 23.2. The van der Waals surface area contributed by atoms with E-state index in [1.165, 1.54) is 36.4 Å². The van der Waals surface area contributed by atoms with Gasteiger partial charge < -0.3 is 36.9 Å². The molecule has 39 heavy (non-hydrogen) atoms. The largest absolute Gasteiger partial charge is 0.508 e. The van der Waals surface area contributed by atoms with Crippen LogP contribution in [0.15, 0.2) is 36.8 Å². The van der Waals surface area contributed by atoms with E-state index < -0.39 is 47.9 Å². The minimum absolute atomic E-state index is 0.0131. The van der Waals surface area contributed by atoms with Gasteiger partial charge >= 0.3 is 5.97 Å². The Morgan fingerprint density at radius 1 is 0.974 bits per heavy atom. The van der Waals surface area contributed by atoms with Crippen LogP contribution >= 0.6 is 11.8 Å². The molecule has 0 fully saturated rings. The van der Waals surface area contributed by atoms with Gasteiger partial charge in [0.1, 0.15) is 23.9 Å². The van der Waals surface area contributed by atoms with Gasteiger partial charge in [0.25, 0.3) is 0 Å². The lowest BCUT2D eigenvalue weighted by Gasteiger charge is -2.25. The zero-order valence-electron chi connectivity index (χ0n) is 22.3. The molecule has 13 heteroatoms. The number of hydrogen-bond donors (Lipinski definition) is 7. The van der Waals surface area contributed by atoms with Gasteiger partial charge in [0.05, 0.1) is 12.4 Å². The molecule has 0 radical (unpaired) electrons. The predicted molar refractivity (Wildman–Crippen MR) is 148 cm³/mol. The van der Waals surface area contributed by atoms with Crippen molar-refractivity contribution in [1.29, 1.82) is 0 Å². The topological polar surface area (TPSA) is 200 Å². The molecule has 1 aromatic heterocycles. The molecule has 214 valence electrons. The average molecular weight is 563 g/mol. The molecular formula is C26H38N6O6S. The van der Waals surface area contributed by atoms with Crippen molar-refractivity contribution in [2.45, 2.75) is 63.7 Å². The monoisotopic (exact) mass is 562 g/mol. The molecular weight excluding hydrogens is 524 g/mol. The highest BCUT2D eigenvalue weighted by atomic mass is 32.2. The predicted octanol–water partition coefficient (Wildman–Crippen LogP) is 0.566. The number of carbonyl (C=O) groups excluding carboxylic acids is 3. The molecule has 0 saturated carbocycles. The molecule has 0 spiro atoms. The van der Waals surface area contributed by atoms with E-state index in [1.807, 2.05) is 20.1 Å². The Morgan fingerprint density at radius 2 is 1.59 bits per heavy atom. The lowest BCUT2D eigenvalue weighted by atomic mass is 10.0. The van der Waals surface area contributed by atoms with Crippen LogP contribution in [0, 0.1) is 5.92 Å². The number of carboxylic acids is 1. The lowest BCUT2D eigenvalue weighted by molar-refractivity contribution is -0.142. The first-order valence-corrected chi connectivity index (χ1v) is 14.0. The third-order valence-corrected chi connectivity index (χ3v) is 6.55. The van der Waals surface area contributed by atoms with E-state index in [4.69, 9.17) is 5.73 Å². The second-order valence-corrected chi connectivity index (χ2v) is 10.7. The maximum absolute atomic E-state index is 13.3. The Hall–Kier alpha value is -3.58. The number of thioether (sulfide) groups is 1. The van der Waals surface area contributed by atoms with Crippen LogP contribution in [-0.2, 0) is 32.0 Å². The smallest absolute Gasteiger partial charge is 0.326 e. The van der Waals surface area contributed by atoms with E-state index >= 15 is 0 Å². The van der Waals surface area contributed by atoms with Crippen molar-refractivity contribution in [3.8, 4) is 5.75 Å². The molecule has 0 aliphatic heterocycles. The highest BCUT2D eigenvalue weighted by Crippen LogP contribution is 2.12. The lowest BCUT2D eigenvalue weighted by Crippen LogP contribution is -2.58. The Balaban J connectivity index is 2.19. The molecule has 1 aromatic carbocycles. The van der Waals surface area contributed by atoms with E-state index in [0.29, 0.717) is 29.9 Å². The summed E-state index contributed by atoms with van der Waals surface area (Å²) in [6, 6.07) is 1.80. The summed E-state index contributed by atoms with van der Waals surface area (Å²) >= 11 is 1.50. The summed E-state index contributed by atoms with van der Waals surface area (Å²) in [6.45, 7) is 3.88. The van der Waals surface area contributed by atoms with Gasteiger partial charge in [-0.1, -0.05) is 26.0 Å². The van der Waals surface area contributed by atoms with Crippen LogP contribution in [0.2, 0.25) is 0 Å². The summed E-state index contributed by atoms with van der Waals surface area (Å²) in [5, 5.41) is 27.1. The van der Waals surface area contributed by atoms with Gasteiger partial charge in [-0.15, -0.1) is 0 Å². The fraction of sp³-hybridized carbons (Fsp3) is 0.500. The maximum Gasteiger partial charge on any atom is 0.326 e. The van der Waals surface area contributed by atoms with E-state index in [-0.39, 0.29) is 24.5 Å². The SMILES string of the molecule is CSCCC(NC(=O)C(N)CC(C)C)C(=O)NC(Cc1cnc[nH]1)C(=O)NC(Cc1ccc(O)cc1)C(=O)O. The Kier molecular flexibility index (Phi) is 12.8. The van der Waals surface area contributed by atoms with Gasteiger partial charge in [-0.05, 0) is 48.5 Å². The third-order valence-electron chi connectivity index (χ3n) is 5.91. The highest BCUT2D eigenvalue weighted by molar-refractivity contribution is 7.98. The van der Waals surface area contributed by atoms with E-state index in [1.54, 1.807) is 12.1 Å². The Morgan fingerprint density at radius 3 is 2.15 bits per heavy atom. The summed E-state index contributed by atoms with van der Waals surface area (Å²) in [6.07, 6.45) is 5.53. The van der Waals surface area contributed by atoms with E-state index in [2.05, 4.69) is 25.9 Å². The summed E-state index contributed by atoms with van der Waals surface area (Å²) in [5.74, 6) is -2.22. The number of carbonyl (C=O) groups is 4. The van der Waals surface area contributed by atoms with Crippen LogP contribution in [0.5, 0.6) is 5.75 Å². The van der Waals surface area contributed by atoms with Gasteiger partial charge in [0.15, 0.2) is 0 Å². The fourth-order valence-electron chi connectivity index (χ4n) is 3.84. The molecule has 4 atom stereocenters. The number of aromatic hydroxyl groups is 1. The number of hydrogen-bond acceptors (Lipinski definition) is 8. The first-order valence-electron chi connectivity index (χ1n) is 12.6. The van der Waals surface area contributed by atoms with Crippen molar-refractivity contribution >= 4 is 35.5 Å². The molecule has 1 heterocycles.